The van der Waals surface area contributed by atoms with Gasteiger partial charge in [-0.3, -0.25) is 4.79 Å². The van der Waals surface area contributed by atoms with Gasteiger partial charge in [0.1, 0.15) is 0 Å². The molecule has 29 heavy (non-hydrogen) atoms. The van der Waals surface area contributed by atoms with Crippen LogP contribution in [0.3, 0.4) is 0 Å². The first-order valence-corrected chi connectivity index (χ1v) is 11.3. The minimum atomic E-state index is -0.231. The molecule has 9 heteroatoms. The van der Waals surface area contributed by atoms with Crippen molar-refractivity contribution in [3.8, 4) is 22.8 Å². The number of phenols is 1. The van der Waals surface area contributed by atoms with Crippen LogP contribution in [0.25, 0.3) is 11.3 Å². The molecule has 0 aliphatic carbocycles. The molecule has 0 radical (unpaired) electrons. The summed E-state index contributed by atoms with van der Waals surface area (Å²) < 4.78 is 6.69. The molecular formula is C20H18BrN3O3S2. The highest BCUT2D eigenvalue weighted by Gasteiger charge is 2.09. The quantitative estimate of drug-likeness (QED) is 0.265. The molecule has 2 aromatic carbocycles. The maximum Gasteiger partial charge on any atom is 0.250 e. The van der Waals surface area contributed by atoms with E-state index in [1.807, 2.05) is 42.6 Å². The maximum absolute atomic E-state index is 12.0. The van der Waals surface area contributed by atoms with Crippen LogP contribution < -0.4 is 10.2 Å². The molecule has 0 saturated carbocycles. The number of thioether (sulfide) groups is 1. The second-order valence-corrected chi connectivity index (χ2v) is 8.66. The van der Waals surface area contributed by atoms with E-state index in [2.05, 4.69) is 31.4 Å². The number of nitrogens with zero attached hydrogens (tertiary/aromatic N) is 2. The van der Waals surface area contributed by atoms with Gasteiger partial charge in [0, 0.05) is 10.9 Å². The van der Waals surface area contributed by atoms with Crippen LogP contribution in [0.1, 0.15) is 12.5 Å². The molecule has 3 rings (SSSR count). The summed E-state index contributed by atoms with van der Waals surface area (Å²) in [6, 6.07) is 13.2. The molecular weight excluding hydrogens is 474 g/mol. The molecule has 0 bridgehead atoms. The first-order valence-electron chi connectivity index (χ1n) is 8.67. The number of amides is 1. The zero-order valence-corrected chi connectivity index (χ0v) is 18.7. The summed E-state index contributed by atoms with van der Waals surface area (Å²) in [7, 11) is 0. The number of benzene rings is 2. The van der Waals surface area contributed by atoms with Crippen molar-refractivity contribution in [1.82, 2.24) is 10.4 Å². The van der Waals surface area contributed by atoms with E-state index in [4.69, 9.17) is 4.74 Å². The smallest absolute Gasteiger partial charge is 0.250 e. The van der Waals surface area contributed by atoms with Crippen LogP contribution in [0, 0.1) is 0 Å². The molecule has 2 N–H and O–H groups in total. The van der Waals surface area contributed by atoms with E-state index in [1.165, 1.54) is 29.3 Å². The lowest BCUT2D eigenvalue weighted by molar-refractivity contribution is -0.118. The van der Waals surface area contributed by atoms with E-state index in [0.717, 1.165) is 15.6 Å². The third kappa shape index (κ3) is 6.06. The number of halogens is 1. The molecule has 0 atom stereocenters. The lowest BCUT2D eigenvalue weighted by atomic mass is 10.2. The number of hydrazone groups is 1. The van der Waals surface area contributed by atoms with Crippen molar-refractivity contribution in [2.24, 2.45) is 5.10 Å². The highest BCUT2D eigenvalue weighted by Crippen LogP contribution is 2.35. The van der Waals surface area contributed by atoms with Crippen molar-refractivity contribution >= 4 is 51.2 Å². The zero-order chi connectivity index (χ0) is 20.6. The molecule has 0 unspecified atom stereocenters. The van der Waals surface area contributed by atoms with Crippen LogP contribution in [0.5, 0.6) is 11.5 Å². The lowest BCUT2D eigenvalue weighted by Gasteiger charge is -2.08. The van der Waals surface area contributed by atoms with Crippen molar-refractivity contribution in [1.29, 1.82) is 0 Å². The van der Waals surface area contributed by atoms with Gasteiger partial charge in [-0.15, -0.1) is 11.3 Å². The van der Waals surface area contributed by atoms with Crippen LogP contribution in [0.2, 0.25) is 0 Å². The Morgan fingerprint density at radius 2 is 2.17 bits per heavy atom. The fraction of sp³-hybridized carbons (Fsp3) is 0.150. The highest BCUT2D eigenvalue weighted by molar-refractivity contribution is 9.10. The van der Waals surface area contributed by atoms with E-state index < -0.39 is 0 Å². The predicted octanol–water partition coefficient (Wildman–Crippen LogP) is 4.92. The summed E-state index contributed by atoms with van der Waals surface area (Å²) in [5.41, 5.74) is 5.13. The molecule has 1 amide bonds. The number of hydrogen-bond donors (Lipinski definition) is 2. The highest BCUT2D eigenvalue weighted by atomic mass is 79.9. The number of carbonyl (C=O) groups is 1. The van der Waals surface area contributed by atoms with Crippen molar-refractivity contribution < 1.29 is 14.6 Å². The van der Waals surface area contributed by atoms with E-state index in [-0.39, 0.29) is 17.4 Å². The van der Waals surface area contributed by atoms with Crippen molar-refractivity contribution in [3.05, 3.63) is 57.9 Å². The van der Waals surface area contributed by atoms with Gasteiger partial charge < -0.3 is 9.84 Å². The van der Waals surface area contributed by atoms with E-state index >= 15 is 0 Å². The molecule has 150 valence electrons. The standard InChI is InChI=1S/C20H18BrN3O3S2/c1-2-27-17-9-13(8-15(21)19(17)26)10-22-24-18(25)12-29-20-23-16(11-28-20)14-6-4-3-5-7-14/h3-11,26H,2,12H2,1H3,(H,24,25)/b22-10+. The second-order valence-electron chi connectivity index (χ2n) is 5.73. The number of hydrogen-bond acceptors (Lipinski definition) is 7. The van der Waals surface area contributed by atoms with Gasteiger partial charge in [-0.05, 0) is 40.5 Å². The number of carbonyl (C=O) groups excluding carboxylic acids is 1. The summed E-state index contributed by atoms with van der Waals surface area (Å²) in [6.45, 7) is 2.26. The van der Waals surface area contributed by atoms with Gasteiger partial charge in [0.15, 0.2) is 15.8 Å². The van der Waals surface area contributed by atoms with Crippen molar-refractivity contribution in [3.63, 3.8) is 0 Å². The van der Waals surface area contributed by atoms with Gasteiger partial charge in [0.2, 0.25) is 0 Å². The number of phenolic OH excluding ortho intramolecular Hbond substituents is 1. The molecule has 0 saturated heterocycles. The third-order valence-electron chi connectivity index (χ3n) is 3.63. The van der Waals surface area contributed by atoms with E-state index in [9.17, 15) is 9.90 Å². The van der Waals surface area contributed by atoms with Crippen LogP contribution in [-0.4, -0.2) is 34.6 Å². The minimum absolute atomic E-state index is 0.0303. The molecule has 0 spiro atoms. The summed E-state index contributed by atoms with van der Waals surface area (Å²) >= 11 is 6.14. The molecule has 0 fully saturated rings. The number of aromatic hydroxyl groups is 1. The Kier molecular flexibility index (Phi) is 7.68. The van der Waals surface area contributed by atoms with Gasteiger partial charge in [-0.25, -0.2) is 10.4 Å². The van der Waals surface area contributed by atoms with Gasteiger partial charge >= 0.3 is 0 Å². The van der Waals surface area contributed by atoms with Crippen LogP contribution in [0.15, 0.2) is 61.8 Å². The Morgan fingerprint density at radius 1 is 1.38 bits per heavy atom. The fourth-order valence-corrected chi connectivity index (χ4v) is 4.42. The third-order valence-corrected chi connectivity index (χ3v) is 6.26. The average Bonchev–Trinajstić information content (AvgIpc) is 3.20. The number of rotatable bonds is 8. The normalized spacial score (nSPS) is 11.0. The first-order chi connectivity index (χ1) is 14.1. The molecule has 0 aliphatic heterocycles. The molecule has 1 aromatic heterocycles. The topological polar surface area (TPSA) is 83.8 Å². The van der Waals surface area contributed by atoms with E-state index in [1.54, 1.807) is 12.1 Å². The fourth-order valence-electron chi connectivity index (χ4n) is 2.34. The zero-order valence-electron chi connectivity index (χ0n) is 15.5. The number of aromatic nitrogens is 1. The van der Waals surface area contributed by atoms with Crippen molar-refractivity contribution in [2.75, 3.05) is 12.4 Å². The second kappa shape index (κ2) is 10.4. The van der Waals surface area contributed by atoms with Gasteiger partial charge in [0.05, 0.1) is 28.7 Å². The first kappa shape index (κ1) is 21.4. The van der Waals surface area contributed by atoms with Gasteiger partial charge in [0.25, 0.3) is 5.91 Å². The number of ether oxygens (including phenoxy) is 1. The monoisotopic (exact) mass is 491 g/mol. The minimum Gasteiger partial charge on any atom is -0.503 e. The summed E-state index contributed by atoms with van der Waals surface area (Å²) in [5.74, 6) is 0.360. The van der Waals surface area contributed by atoms with Crippen molar-refractivity contribution in [2.45, 2.75) is 11.3 Å². The Labute approximate surface area is 185 Å². The van der Waals surface area contributed by atoms with E-state index in [0.29, 0.717) is 22.4 Å². The SMILES string of the molecule is CCOc1cc(/C=N/NC(=O)CSc2nc(-c3ccccc3)cs2)cc(Br)c1O. The summed E-state index contributed by atoms with van der Waals surface area (Å²) in [6.07, 6.45) is 1.49. The Balaban J connectivity index is 1.52. The van der Waals surface area contributed by atoms with Gasteiger partial charge in [-0.1, -0.05) is 42.1 Å². The summed E-state index contributed by atoms with van der Waals surface area (Å²) in [5, 5.41) is 15.9. The predicted molar refractivity (Wildman–Crippen MR) is 121 cm³/mol. The average molecular weight is 492 g/mol. The van der Waals surface area contributed by atoms with Gasteiger partial charge in [-0.2, -0.15) is 5.10 Å². The molecule has 0 aliphatic rings. The van der Waals surface area contributed by atoms with Crippen LogP contribution >= 0.6 is 39.0 Å². The molecule has 6 nitrogen and oxygen atoms in total. The van der Waals surface area contributed by atoms with Crippen LogP contribution in [0.4, 0.5) is 0 Å². The summed E-state index contributed by atoms with van der Waals surface area (Å²) in [4.78, 5) is 16.6. The van der Waals surface area contributed by atoms with Crippen LogP contribution in [-0.2, 0) is 4.79 Å². The maximum atomic E-state index is 12.0. The largest absolute Gasteiger partial charge is 0.503 e. The Hall–Kier alpha value is -2.36. The Bertz CT molecular complexity index is 1010. The molecule has 1 heterocycles. The number of nitrogens with one attached hydrogen (secondary N) is 1. The number of thiazole rings is 1. The Morgan fingerprint density at radius 3 is 2.93 bits per heavy atom. The molecule has 3 aromatic rings. The lowest BCUT2D eigenvalue weighted by Crippen LogP contribution is -2.19.